The van der Waals surface area contributed by atoms with E-state index < -0.39 is 0 Å². The van der Waals surface area contributed by atoms with E-state index in [0.29, 0.717) is 5.69 Å². The number of benzene rings is 3. The first-order valence-corrected chi connectivity index (χ1v) is 8.00. The van der Waals surface area contributed by atoms with Crippen molar-refractivity contribution in [2.75, 3.05) is 17.7 Å². The maximum atomic E-state index is 6.28. The van der Waals surface area contributed by atoms with Gasteiger partial charge in [0.2, 0.25) is 0 Å². The minimum Gasteiger partial charge on any atom is -0.495 e. The number of rotatable bonds is 5. The fraction of sp³-hybridized carbons (Fsp3) is 0.0952. The Morgan fingerprint density at radius 2 is 1.60 bits per heavy atom. The molecular weight excluding hydrogens is 310 g/mol. The van der Waals surface area contributed by atoms with Gasteiger partial charge < -0.3 is 15.4 Å². The van der Waals surface area contributed by atoms with Crippen LogP contribution >= 0.6 is 0 Å². The van der Waals surface area contributed by atoms with E-state index in [2.05, 4.69) is 16.6 Å². The molecule has 0 saturated heterocycles. The van der Waals surface area contributed by atoms with Crippen molar-refractivity contribution in [1.29, 1.82) is 0 Å². The Morgan fingerprint density at radius 3 is 2.28 bits per heavy atom. The highest BCUT2D eigenvalue weighted by Crippen LogP contribution is 2.45. The molecule has 0 aliphatic rings. The highest BCUT2D eigenvalue weighted by atomic mass is 16.5. The first-order chi connectivity index (χ1) is 12.2. The van der Waals surface area contributed by atoms with E-state index in [-0.39, 0.29) is 0 Å². The standard InChI is InChI=1S/C21H21N3O/c1-15-12-13-20(21(14-15)25-3)24(18-10-6-4-8-16(18)22)19-11-7-5-9-17(19)23-2/h4-14H,2,22H2,1,3H3. The van der Waals surface area contributed by atoms with Crippen molar-refractivity contribution in [1.82, 2.24) is 0 Å². The summed E-state index contributed by atoms with van der Waals surface area (Å²) in [7, 11) is 1.67. The molecule has 0 amide bonds. The zero-order chi connectivity index (χ0) is 17.8. The monoisotopic (exact) mass is 331 g/mol. The molecule has 0 aromatic heterocycles. The van der Waals surface area contributed by atoms with Crippen LogP contribution in [0.3, 0.4) is 0 Å². The van der Waals surface area contributed by atoms with Gasteiger partial charge in [0.05, 0.1) is 35.5 Å². The Hall–Kier alpha value is -3.27. The average Bonchev–Trinajstić information content (AvgIpc) is 2.64. The molecule has 3 rings (SSSR count). The number of para-hydroxylation sites is 4. The Bertz CT molecular complexity index is 905. The maximum Gasteiger partial charge on any atom is 0.143 e. The van der Waals surface area contributed by atoms with Crippen molar-refractivity contribution < 1.29 is 4.74 Å². The molecule has 3 aromatic rings. The Kier molecular flexibility index (Phi) is 4.70. The van der Waals surface area contributed by atoms with Gasteiger partial charge in [0, 0.05) is 0 Å². The second kappa shape index (κ2) is 7.09. The number of anilines is 4. The van der Waals surface area contributed by atoms with Crippen LogP contribution in [0.15, 0.2) is 71.7 Å². The molecule has 126 valence electrons. The second-order valence-corrected chi connectivity index (χ2v) is 5.72. The van der Waals surface area contributed by atoms with Gasteiger partial charge in [-0.3, -0.25) is 4.99 Å². The third-order valence-corrected chi connectivity index (χ3v) is 4.05. The second-order valence-electron chi connectivity index (χ2n) is 5.72. The molecule has 4 nitrogen and oxygen atoms in total. The quantitative estimate of drug-likeness (QED) is 0.504. The molecule has 0 radical (unpaired) electrons. The van der Waals surface area contributed by atoms with Crippen molar-refractivity contribution in [3.63, 3.8) is 0 Å². The van der Waals surface area contributed by atoms with Crippen LogP contribution in [-0.4, -0.2) is 13.8 Å². The lowest BCUT2D eigenvalue weighted by Crippen LogP contribution is -2.13. The summed E-state index contributed by atoms with van der Waals surface area (Å²) in [5.41, 5.74) is 11.5. The van der Waals surface area contributed by atoms with Gasteiger partial charge in [0.25, 0.3) is 0 Å². The number of nitrogen functional groups attached to an aromatic ring is 1. The maximum absolute atomic E-state index is 6.28. The summed E-state index contributed by atoms with van der Waals surface area (Å²) in [6.07, 6.45) is 0. The lowest BCUT2D eigenvalue weighted by atomic mass is 10.1. The third kappa shape index (κ3) is 3.19. The molecular formula is C21H21N3O. The molecule has 0 saturated carbocycles. The SMILES string of the molecule is C=Nc1ccccc1N(c1ccccc1N)c1ccc(C)cc1OC. The van der Waals surface area contributed by atoms with E-state index in [4.69, 9.17) is 10.5 Å². The van der Waals surface area contributed by atoms with E-state index in [1.807, 2.05) is 73.7 Å². The van der Waals surface area contributed by atoms with Crippen LogP contribution in [0.2, 0.25) is 0 Å². The van der Waals surface area contributed by atoms with Gasteiger partial charge in [-0.15, -0.1) is 0 Å². The van der Waals surface area contributed by atoms with Crippen LogP contribution in [0.5, 0.6) is 5.75 Å². The first kappa shape index (κ1) is 16.6. The number of aliphatic imine (C=N–C) groups is 1. The van der Waals surface area contributed by atoms with E-state index in [9.17, 15) is 0 Å². The predicted molar refractivity (Wildman–Crippen MR) is 106 cm³/mol. The molecule has 0 bridgehead atoms. The largest absolute Gasteiger partial charge is 0.495 e. The zero-order valence-electron chi connectivity index (χ0n) is 14.4. The third-order valence-electron chi connectivity index (χ3n) is 4.05. The molecule has 0 aliphatic heterocycles. The Balaban J connectivity index is 2.31. The van der Waals surface area contributed by atoms with Crippen LogP contribution in [-0.2, 0) is 0 Å². The van der Waals surface area contributed by atoms with Crippen LogP contribution in [0.4, 0.5) is 28.4 Å². The van der Waals surface area contributed by atoms with Crippen molar-refractivity contribution in [2.45, 2.75) is 6.92 Å². The fourth-order valence-electron chi connectivity index (χ4n) is 2.84. The van der Waals surface area contributed by atoms with E-state index >= 15 is 0 Å². The number of nitrogens with zero attached hydrogens (tertiary/aromatic N) is 2. The summed E-state index contributed by atoms with van der Waals surface area (Å²) in [4.78, 5) is 6.23. The number of hydrogen-bond acceptors (Lipinski definition) is 4. The molecule has 2 N–H and O–H groups in total. The number of aryl methyl sites for hydroxylation is 1. The molecule has 25 heavy (non-hydrogen) atoms. The van der Waals surface area contributed by atoms with Crippen molar-refractivity contribution >= 4 is 35.2 Å². The zero-order valence-corrected chi connectivity index (χ0v) is 14.4. The van der Waals surface area contributed by atoms with Crippen molar-refractivity contribution in [2.24, 2.45) is 4.99 Å². The summed E-state index contributed by atoms with van der Waals surface area (Å²) < 4.78 is 5.63. The van der Waals surface area contributed by atoms with Crippen LogP contribution < -0.4 is 15.4 Å². The van der Waals surface area contributed by atoms with Gasteiger partial charge in [0.1, 0.15) is 5.75 Å². The average molecular weight is 331 g/mol. The fourth-order valence-corrected chi connectivity index (χ4v) is 2.84. The number of methoxy groups -OCH3 is 1. The molecule has 0 heterocycles. The highest BCUT2D eigenvalue weighted by Gasteiger charge is 2.20. The Labute approximate surface area is 148 Å². The highest BCUT2D eigenvalue weighted by molar-refractivity contribution is 5.90. The van der Waals surface area contributed by atoms with Gasteiger partial charge in [-0.1, -0.05) is 30.3 Å². The molecule has 0 aliphatic carbocycles. The summed E-state index contributed by atoms with van der Waals surface area (Å²) in [6, 6.07) is 21.7. The topological polar surface area (TPSA) is 50.8 Å². The predicted octanol–water partition coefficient (Wildman–Crippen LogP) is 5.39. The minimum absolute atomic E-state index is 0.670. The first-order valence-electron chi connectivity index (χ1n) is 8.00. The summed E-state index contributed by atoms with van der Waals surface area (Å²) in [6.45, 7) is 5.74. The minimum atomic E-state index is 0.670. The van der Waals surface area contributed by atoms with Crippen molar-refractivity contribution in [3.05, 3.63) is 72.3 Å². The normalized spacial score (nSPS) is 10.3. The van der Waals surface area contributed by atoms with Crippen LogP contribution in [0.1, 0.15) is 5.56 Å². The van der Waals surface area contributed by atoms with Crippen LogP contribution in [0.25, 0.3) is 0 Å². The van der Waals surface area contributed by atoms with Gasteiger partial charge >= 0.3 is 0 Å². The lowest BCUT2D eigenvalue weighted by Gasteiger charge is -2.29. The molecule has 3 aromatic carbocycles. The summed E-state index contributed by atoms with van der Waals surface area (Å²) >= 11 is 0. The summed E-state index contributed by atoms with van der Waals surface area (Å²) in [5.74, 6) is 0.766. The van der Waals surface area contributed by atoms with E-state index in [1.54, 1.807) is 7.11 Å². The van der Waals surface area contributed by atoms with E-state index in [1.165, 1.54) is 0 Å². The molecule has 0 unspecified atom stereocenters. The summed E-state index contributed by atoms with van der Waals surface area (Å²) in [5, 5.41) is 0. The van der Waals surface area contributed by atoms with E-state index in [0.717, 1.165) is 34.1 Å². The Morgan fingerprint density at radius 1 is 0.920 bits per heavy atom. The molecule has 0 spiro atoms. The van der Waals surface area contributed by atoms with Gasteiger partial charge in [-0.2, -0.15) is 0 Å². The van der Waals surface area contributed by atoms with Gasteiger partial charge in [0.15, 0.2) is 0 Å². The van der Waals surface area contributed by atoms with Gasteiger partial charge in [-0.05, 0) is 55.6 Å². The molecule has 0 fully saturated rings. The smallest absolute Gasteiger partial charge is 0.143 e. The molecule has 0 atom stereocenters. The number of ether oxygens (including phenoxy) is 1. The lowest BCUT2D eigenvalue weighted by molar-refractivity contribution is 0.415. The van der Waals surface area contributed by atoms with Crippen molar-refractivity contribution in [3.8, 4) is 5.75 Å². The number of nitrogens with two attached hydrogens (primary N) is 1. The number of hydrogen-bond donors (Lipinski definition) is 1. The van der Waals surface area contributed by atoms with Crippen LogP contribution in [0, 0.1) is 6.92 Å². The molecule has 4 heteroatoms. The van der Waals surface area contributed by atoms with Gasteiger partial charge in [-0.25, -0.2) is 0 Å².